The van der Waals surface area contributed by atoms with Crippen molar-refractivity contribution in [3.05, 3.63) is 63.2 Å². The first-order chi connectivity index (χ1) is 16.5. The molecule has 2 aromatic carbocycles. The molecule has 2 aromatic rings. The number of imide groups is 2. The second-order valence-electron chi connectivity index (χ2n) is 9.66. The summed E-state index contributed by atoms with van der Waals surface area (Å²) < 4.78 is 6.08. The number of urea groups is 1. The van der Waals surface area contributed by atoms with Crippen LogP contribution in [0.2, 0.25) is 0 Å². The number of morpholine rings is 1. The van der Waals surface area contributed by atoms with Crippen LogP contribution in [0.5, 0.6) is 0 Å². The van der Waals surface area contributed by atoms with Crippen molar-refractivity contribution >= 4 is 34.9 Å². The van der Waals surface area contributed by atoms with Crippen molar-refractivity contribution in [3.63, 3.8) is 0 Å². The van der Waals surface area contributed by atoms with Crippen LogP contribution in [0.15, 0.2) is 36.4 Å². The van der Waals surface area contributed by atoms with E-state index < -0.39 is 40.3 Å². The van der Waals surface area contributed by atoms with Crippen LogP contribution in [0.25, 0.3) is 0 Å². The maximum absolute atomic E-state index is 14.3. The molecule has 35 heavy (non-hydrogen) atoms. The highest BCUT2D eigenvalue weighted by Gasteiger charge is 2.65. The maximum Gasteiger partial charge on any atom is 0.335 e. The number of amides is 4. The van der Waals surface area contributed by atoms with Crippen molar-refractivity contribution < 1.29 is 24.0 Å². The van der Waals surface area contributed by atoms with Crippen LogP contribution in [0.4, 0.5) is 21.9 Å². The van der Waals surface area contributed by atoms with E-state index in [1.807, 2.05) is 31.7 Å². The summed E-state index contributed by atoms with van der Waals surface area (Å²) in [6, 6.07) is 8.33. The van der Waals surface area contributed by atoms with Crippen LogP contribution in [0.3, 0.4) is 0 Å². The van der Waals surface area contributed by atoms with Crippen LogP contribution >= 0.6 is 0 Å². The minimum Gasteiger partial charge on any atom is -0.372 e. The minimum atomic E-state index is -1.72. The Morgan fingerprint density at radius 2 is 1.80 bits per heavy atom. The Hall–Kier alpha value is -3.79. The Morgan fingerprint density at radius 3 is 2.49 bits per heavy atom. The van der Waals surface area contributed by atoms with Crippen molar-refractivity contribution in [1.29, 1.82) is 0 Å². The molecule has 0 aromatic heterocycles. The number of hydrogen-bond acceptors (Lipinski definition) is 7. The highest BCUT2D eigenvalue weighted by Crippen LogP contribution is 2.49. The molecule has 3 aliphatic rings. The Kier molecular flexibility index (Phi) is 5.17. The number of carbonyl (C=O) groups excluding carboxylic acids is 3. The average Bonchev–Trinajstić information content (AvgIpc) is 2.78. The van der Waals surface area contributed by atoms with Crippen molar-refractivity contribution in [1.82, 2.24) is 5.32 Å². The third-order valence-electron chi connectivity index (χ3n) is 7.25. The zero-order valence-electron chi connectivity index (χ0n) is 19.9. The molecule has 0 bridgehead atoms. The molecule has 0 radical (unpaired) electrons. The average molecular weight is 479 g/mol. The first kappa shape index (κ1) is 23.0. The summed E-state index contributed by atoms with van der Waals surface area (Å²) in [7, 11) is 0. The summed E-state index contributed by atoms with van der Waals surface area (Å²) in [4.78, 5) is 54.9. The fraction of sp³-hybridized carbons (Fsp3) is 0.400. The molecule has 0 aliphatic carbocycles. The van der Waals surface area contributed by atoms with Gasteiger partial charge in [-0.25, -0.2) is 9.69 Å². The monoisotopic (exact) mass is 478 g/mol. The van der Waals surface area contributed by atoms with E-state index >= 15 is 0 Å². The molecule has 3 heterocycles. The van der Waals surface area contributed by atoms with Crippen molar-refractivity contribution in [2.75, 3.05) is 16.3 Å². The lowest BCUT2D eigenvalue weighted by Gasteiger charge is -2.56. The Morgan fingerprint density at radius 1 is 1.09 bits per heavy atom. The second kappa shape index (κ2) is 7.88. The quantitative estimate of drug-likeness (QED) is 0.400. The lowest BCUT2D eigenvalue weighted by atomic mass is 9.66. The van der Waals surface area contributed by atoms with E-state index in [1.165, 1.54) is 12.1 Å². The van der Waals surface area contributed by atoms with E-state index in [2.05, 4.69) is 5.32 Å². The molecule has 5 rings (SSSR count). The van der Waals surface area contributed by atoms with Crippen molar-refractivity contribution in [2.24, 2.45) is 5.41 Å². The molecule has 0 saturated carbocycles. The van der Waals surface area contributed by atoms with Crippen LogP contribution in [-0.4, -0.2) is 47.6 Å². The molecule has 10 heteroatoms. The summed E-state index contributed by atoms with van der Waals surface area (Å²) in [5, 5.41) is 13.9. The first-order valence-corrected chi connectivity index (χ1v) is 11.5. The number of nitrogens with one attached hydrogen (secondary N) is 1. The summed E-state index contributed by atoms with van der Waals surface area (Å²) >= 11 is 0. The van der Waals surface area contributed by atoms with Gasteiger partial charge in [-0.3, -0.25) is 25.0 Å². The predicted octanol–water partition coefficient (Wildman–Crippen LogP) is 3.02. The van der Waals surface area contributed by atoms with E-state index in [9.17, 15) is 24.5 Å². The third kappa shape index (κ3) is 3.31. The molecule has 1 N–H and O–H groups in total. The standard InChI is InChI=1S/C25H26N4O6/c1-13-5-7-19(14(2)9-13)28-23(31)25(22(30)26-24(28)32)11-17-10-18(29(33)34)6-8-20(17)27-12-15(3)35-16(4)21(25)27/h5-10,15-16,21H,11-12H2,1-4H3,(H,26,30,32)/t15-,16+,21-,25+/m1/s1. The number of hydrogen-bond donors (Lipinski definition) is 1. The fourth-order valence-electron chi connectivity index (χ4n) is 5.90. The summed E-state index contributed by atoms with van der Waals surface area (Å²) in [6.45, 7) is 7.80. The Bertz CT molecular complexity index is 1290. The highest BCUT2D eigenvalue weighted by molar-refractivity contribution is 6.31. The van der Waals surface area contributed by atoms with Gasteiger partial charge in [0.25, 0.3) is 11.6 Å². The van der Waals surface area contributed by atoms with E-state index in [-0.39, 0.29) is 18.2 Å². The normalized spacial score (nSPS) is 28.0. The largest absolute Gasteiger partial charge is 0.372 e. The SMILES string of the molecule is Cc1ccc(N2C(=O)NC(=O)[C@@]3(Cc4cc([N+](=O)[O-])ccc4N4C[C@@H](C)O[C@@H](C)[C@@H]43)C2=O)c(C)c1. The van der Waals surface area contributed by atoms with Gasteiger partial charge in [0.2, 0.25) is 5.91 Å². The van der Waals surface area contributed by atoms with Crippen molar-refractivity contribution in [3.8, 4) is 0 Å². The number of anilines is 2. The van der Waals surface area contributed by atoms with Gasteiger partial charge in [-0.05, 0) is 51.0 Å². The highest BCUT2D eigenvalue weighted by atomic mass is 16.6. The number of fused-ring (bicyclic) bond motifs is 4. The van der Waals surface area contributed by atoms with Crippen LogP contribution in [0, 0.1) is 29.4 Å². The zero-order valence-corrected chi connectivity index (χ0v) is 19.9. The smallest absolute Gasteiger partial charge is 0.335 e. The van der Waals surface area contributed by atoms with Gasteiger partial charge in [0.1, 0.15) is 0 Å². The van der Waals surface area contributed by atoms with E-state index in [0.717, 1.165) is 16.2 Å². The second-order valence-corrected chi connectivity index (χ2v) is 9.66. The van der Waals surface area contributed by atoms with E-state index in [0.29, 0.717) is 23.4 Å². The number of nitro benzene ring substituents is 1. The molecule has 0 unspecified atom stereocenters. The Balaban J connectivity index is 1.72. The molecular weight excluding hydrogens is 452 g/mol. The zero-order chi connectivity index (χ0) is 25.2. The van der Waals surface area contributed by atoms with Crippen LogP contribution in [0.1, 0.15) is 30.5 Å². The lowest BCUT2D eigenvalue weighted by molar-refractivity contribution is -0.384. The van der Waals surface area contributed by atoms with E-state index in [1.54, 1.807) is 25.1 Å². The molecule has 2 saturated heterocycles. The number of rotatable bonds is 2. The number of ether oxygens (including phenoxy) is 1. The molecule has 3 aliphatic heterocycles. The van der Waals surface area contributed by atoms with E-state index in [4.69, 9.17) is 4.74 Å². The molecular formula is C25H26N4O6. The van der Waals surface area contributed by atoms with Gasteiger partial charge < -0.3 is 9.64 Å². The Labute approximate surface area is 202 Å². The van der Waals surface area contributed by atoms with Gasteiger partial charge in [-0.1, -0.05) is 17.7 Å². The molecule has 2 fully saturated rings. The molecule has 182 valence electrons. The van der Waals surface area contributed by atoms with Crippen LogP contribution < -0.4 is 15.1 Å². The molecule has 4 amide bonds. The molecule has 1 spiro atoms. The van der Waals surface area contributed by atoms with Gasteiger partial charge in [0, 0.05) is 30.8 Å². The topological polar surface area (TPSA) is 122 Å². The number of carbonyl (C=O) groups is 3. The fourth-order valence-corrected chi connectivity index (χ4v) is 5.90. The van der Waals surface area contributed by atoms with Gasteiger partial charge in [-0.2, -0.15) is 0 Å². The molecule has 4 atom stereocenters. The number of benzene rings is 2. The third-order valence-corrected chi connectivity index (χ3v) is 7.25. The van der Waals surface area contributed by atoms with Gasteiger partial charge in [0.15, 0.2) is 5.41 Å². The number of nitro groups is 1. The predicted molar refractivity (Wildman–Crippen MR) is 127 cm³/mol. The summed E-state index contributed by atoms with van der Waals surface area (Å²) in [5.74, 6) is -1.37. The maximum atomic E-state index is 14.3. The summed E-state index contributed by atoms with van der Waals surface area (Å²) in [5.41, 5.74) is 1.46. The van der Waals surface area contributed by atoms with Gasteiger partial charge in [-0.15, -0.1) is 0 Å². The van der Waals surface area contributed by atoms with Crippen LogP contribution in [-0.2, 0) is 20.7 Å². The molecule has 10 nitrogen and oxygen atoms in total. The number of nitrogens with zero attached hydrogens (tertiary/aromatic N) is 3. The van der Waals surface area contributed by atoms with Gasteiger partial charge >= 0.3 is 6.03 Å². The van der Waals surface area contributed by atoms with Crippen molar-refractivity contribution in [2.45, 2.75) is 52.4 Å². The van der Waals surface area contributed by atoms with Gasteiger partial charge in [0.05, 0.1) is 28.9 Å². The summed E-state index contributed by atoms with van der Waals surface area (Å²) in [6.07, 6.45) is -0.809. The minimum absolute atomic E-state index is 0.0907. The first-order valence-electron chi connectivity index (χ1n) is 11.5. The lowest BCUT2D eigenvalue weighted by Crippen LogP contribution is -2.76. The number of barbiturate groups is 1. The number of non-ortho nitro benzene ring substituents is 1. The number of aryl methyl sites for hydroxylation is 2.